The highest BCUT2D eigenvalue weighted by Gasteiger charge is 2.28. The molecule has 1 saturated heterocycles. The molecular formula is C23H29FN4O3S. The average Bonchev–Trinajstić information content (AvgIpc) is 3.39. The monoisotopic (exact) mass is 460 g/mol. The van der Waals surface area contributed by atoms with E-state index in [1.54, 1.807) is 36.2 Å². The minimum atomic E-state index is -3.30. The number of benzene rings is 2. The Balaban J connectivity index is 1.28. The van der Waals surface area contributed by atoms with Gasteiger partial charge >= 0.3 is 0 Å². The number of amides is 1. The number of fused-ring (bicyclic) bond motifs is 1. The topological polar surface area (TPSA) is 81.8 Å². The zero-order valence-corrected chi connectivity index (χ0v) is 19.2. The molecule has 2 aliphatic rings. The number of hydrazine groups is 1. The Morgan fingerprint density at radius 2 is 2.03 bits per heavy atom. The van der Waals surface area contributed by atoms with E-state index in [1.807, 2.05) is 12.1 Å². The van der Waals surface area contributed by atoms with E-state index in [-0.39, 0.29) is 23.8 Å². The highest BCUT2D eigenvalue weighted by molar-refractivity contribution is 7.92. The summed E-state index contributed by atoms with van der Waals surface area (Å²) in [5, 5.41) is 0. The highest BCUT2D eigenvalue weighted by Crippen LogP contribution is 2.31. The third-order valence-electron chi connectivity index (χ3n) is 6.21. The van der Waals surface area contributed by atoms with Crippen LogP contribution in [-0.4, -0.2) is 51.7 Å². The number of nitrogens with one attached hydrogen (secondary N) is 2. The lowest BCUT2D eigenvalue weighted by molar-refractivity contribution is 0.0791. The molecule has 2 unspecified atom stereocenters. The summed E-state index contributed by atoms with van der Waals surface area (Å²) in [5.41, 5.74) is 9.57. The maximum atomic E-state index is 13.5. The summed E-state index contributed by atoms with van der Waals surface area (Å²) in [6.45, 7) is 1.04. The molecule has 0 bridgehead atoms. The van der Waals surface area contributed by atoms with E-state index in [0.717, 1.165) is 30.4 Å². The predicted octanol–water partition coefficient (Wildman–Crippen LogP) is 2.61. The van der Waals surface area contributed by atoms with Crippen LogP contribution in [0.4, 0.5) is 10.1 Å². The second-order valence-electron chi connectivity index (χ2n) is 8.63. The van der Waals surface area contributed by atoms with Gasteiger partial charge in [-0.05, 0) is 67.1 Å². The molecule has 2 aromatic carbocycles. The van der Waals surface area contributed by atoms with E-state index in [2.05, 4.69) is 10.9 Å². The maximum Gasteiger partial charge on any atom is 0.253 e. The largest absolute Gasteiger partial charge is 0.342 e. The average molecular weight is 461 g/mol. The van der Waals surface area contributed by atoms with Crippen LogP contribution in [0.15, 0.2) is 42.5 Å². The van der Waals surface area contributed by atoms with Gasteiger partial charge in [-0.2, -0.15) is 0 Å². The van der Waals surface area contributed by atoms with Crippen LogP contribution in [0.5, 0.6) is 0 Å². The lowest BCUT2D eigenvalue weighted by Gasteiger charge is -2.20. The van der Waals surface area contributed by atoms with E-state index in [4.69, 9.17) is 0 Å². The summed E-state index contributed by atoms with van der Waals surface area (Å²) in [6, 6.07) is 12.2. The Kier molecular flexibility index (Phi) is 6.50. The van der Waals surface area contributed by atoms with E-state index >= 15 is 0 Å². The van der Waals surface area contributed by atoms with Crippen molar-refractivity contribution in [1.29, 1.82) is 0 Å². The molecule has 172 valence electrons. The molecule has 2 heterocycles. The Hall–Kier alpha value is -2.49. The minimum Gasteiger partial charge on any atom is -0.342 e. The van der Waals surface area contributed by atoms with Crippen LogP contribution in [0, 0.1) is 5.82 Å². The van der Waals surface area contributed by atoms with Crippen molar-refractivity contribution in [3.63, 3.8) is 0 Å². The van der Waals surface area contributed by atoms with Crippen molar-refractivity contribution in [3.05, 3.63) is 65.0 Å². The van der Waals surface area contributed by atoms with Crippen LogP contribution in [0.25, 0.3) is 0 Å². The molecule has 0 spiro atoms. The first-order valence-corrected chi connectivity index (χ1v) is 12.7. The Bertz CT molecular complexity index is 1110. The molecule has 4 rings (SSSR count). The van der Waals surface area contributed by atoms with Gasteiger partial charge in [-0.15, -0.1) is 0 Å². The quantitative estimate of drug-likeness (QED) is 0.664. The van der Waals surface area contributed by atoms with E-state index < -0.39 is 10.0 Å². The molecule has 0 aromatic heterocycles. The van der Waals surface area contributed by atoms with Crippen molar-refractivity contribution in [1.82, 2.24) is 15.8 Å². The van der Waals surface area contributed by atoms with Crippen molar-refractivity contribution in [2.24, 2.45) is 0 Å². The molecule has 7 nitrogen and oxygen atoms in total. The summed E-state index contributed by atoms with van der Waals surface area (Å²) in [6.07, 6.45) is 4.40. The van der Waals surface area contributed by atoms with Gasteiger partial charge in [0.1, 0.15) is 5.82 Å². The highest BCUT2D eigenvalue weighted by atomic mass is 32.2. The van der Waals surface area contributed by atoms with Crippen LogP contribution >= 0.6 is 0 Å². The second-order valence-corrected chi connectivity index (χ2v) is 10.5. The van der Waals surface area contributed by atoms with Crippen LogP contribution in [0.1, 0.15) is 46.8 Å². The van der Waals surface area contributed by atoms with Gasteiger partial charge in [-0.25, -0.2) is 12.8 Å². The van der Waals surface area contributed by atoms with Crippen LogP contribution in [0.3, 0.4) is 0 Å². The third kappa shape index (κ3) is 4.95. The molecule has 2 aliphatic heterocycles. The summed E-state index contributed by atoms with van der Waals surface area (Å²) in [7, 11) is -1.52. The maximum absolute atomic E-state index is 13.5. The van der Waals surface area contributed by atoms with Gasteiger partial charge in [0.05, 0.1) is 11.9 Å². The molecule has 2 N–H and O–H groups in total. The zero-order valence-electron chi connectivity index (χ0n) is 18.3. The van der Waals surface area contributed by atoms with Gasteiger partial charge < -0.3 is 4.90 Å². The number of hydrogen-bond acceptors (Lipinski definition) is 5. The molecule has 0 aliphatic carbocycles. The number of rotatable bonds is 7. The fourth-order valence-electron chi connectivity index (χ4n) is 4.50. The fourth-order valence-corrected chi connectivity index (χ4v) is 5.46. The van der Waals surface area contributed by atoms with Crippen LogP contribution < -0.4 is 15.2 Å². The van der Waals surface area contributed by atoms with Gasteiger partial charge in [-0.3, -0.25) is 20.0 Å². The van der Waals surface area contributed by atoms with Gasteiger partial charge in [0, 0.05) is 37.8 Å². The zero-order chi connectivity index (χ0) is 22.9. The summed E-state index contributed by atoms with van der Waals surface area (Å²) < 4.78 is 38.6. The third-order valence-corrected chi connectivity index (χ3v) is 7.39. The van der Waals surface area contributed by atoms with Gasteiger partial charge in [0.2, 0.25) is 10.0 Å². The number of carbonyl (C=O) groups excluding carboxylic acids is 1. The smallest absolute Gasteiger partial charge is 0.253 e. The fraction of sp³-hybridized carbons (Fsp3) is 0.435. The summed E-state index contributed by atoms with van der Waals surface area (Å²) >= 11 is 0. The SMILES string of the molecule is CN(CCCC1CC(c2cccc(F)c2)NN1)C(=O)c1ccc2c(c1)CCN2S(C)(=O)=O. The van der Waals surface area contributed by atoms with Gasteiger partial charge in [-0.1, -0.05) is 12.1 Å². The van der Waals surface area contributed by atoms with Crippen molar-refractivity contribution >= 4 is 21.6 Å². The number of sulfonamides is 1. The van der Waals surface area contributed by atoms with Crippen molar-refractivity contribution in [2.75, 3.05) is 30.7 Å². The Morgan fingerprint density at radius 3 is 2.78 bits per heavy atom. The molecule has 1 amide bonds. The van der Waals surface area contributed by atoms with Crippen LogP contribution in [0.2, 0.25) is 0 Å². The molecule has 32 heavy (non-hydrogen) atoms. The molecular weight excluding hydrogens is 431 g/mol. The number of hydrogen-bond donors (Lipinski definition) is 2. The number of halogens is 1. The van der Waals surface area contributed by atoms with Crippen molar-refractivity contribution in [2.45, 2.75) is 37.8 Å². The number of anilines is 1. The first kappa shape index (κ1) is 22.7. The van der Waals surface area contributed by atoms with E-state index in [0.29, 0.717) is 30.8 Å². The van der Waals surface area contributed by atoms with Crippen LogP contribution in [-0.2, 0) is 16.4 Å². The first-order valence-electron chi connectivity index (χ1n) is 10.8. The molecule has 0 saturated carbocycles. The normalized spacial score (nSPS) is 20.4. The number of carbonyl (C=O) groups is 1. The lowest BCUT2D eigenvalue weighted by Crippen LogP contribution is -2.32. The second kappa shape index (κ2) is 9.17. The predicted molar refractivity (Wildman–Crippen MR) is 122 cm³/mol. The van der Waals surface area contributed by atoms with Gasteiger partial charge in [0.15, 0.2) is 0 Å². The minimum absolute atomic E-state index is 0.0688. The molecule has 9 heteroatoms. The summed E-state index contributed by atoms with van der Waals surface area (Å²) in [4.78, 5) is 14.6. The standard InChI is InChI=1S/C23H29FN4O3S/c1-27(11-4-7-20-15-21(26-25-20)16-5-3-6-19(24)14-16)23(29)18-8-9-22-17(13-18)10-12-28(22)32(2,30)31/h3,5-6,8-9,13-14,20-21,25-26H,4,7,10-12,15H2,1-2H3. The number of nitrogens with zero attached hydrogens (tertiary/aromatic N) is 2. The summed E-state index contributed by atoms with van der Waals surface area (Å²) in [5.74, 6) is -0.302. The Morgan fingerprint density at radius 1 is 1.22 bits per heavy atom. The van der Waals surface area contributed by atoms with Crippen molar-refractivity contribution in [3.8, 4) is 0 Å². The van der Waals surface area contributed by atoms with Crippen molar-refractivity contribution < 1.29 is 17.6 Å². The lowest BCUT2D eigenvalue weighted by atomic mass is 9.99. The molecule has 2 atom stereocenters. The van der Waals surface area contributed by atoms with E-state index in [1.165, 1.54) is 16.6 Å². The molecule has 1 fully saturated rings. The first-order chi connectivity index (χ1) is 15.2. The Labute approximate surface area is 188 Å². The van der Waals surface area contributed by atoms with Gasteiger partial charge in [0.25, 0.3) is 5.91 Å². The molecule has 2 aromatic rings. The molecule has 0 radical (unpaired) electrons. The van der Waals surface area contributed by atoms with E-state index in [9.17, 15) is 17.6 Å².